The summed E-state index contributed by atoms with van der Waals surface area (Å²) >= 11 is 0. The van der Waals surface area contributed by atoms with Gasteiger partial charge < -0.3 is 10.4 Å². The predicted octanol–water partition coefficient (Wildman–Crippen LogP) is 2.57. The molecule has 6 heteroatoms. The van der Waals surface area contributed by atoms with Crippen molar-refractivity contribution in [3.63, 3.8) is 0 Å². The summed E-state index contributed by atoms with van der Waals surface area (Å²) in [5.41, 5.74) is 0.305. The van der Waals surface area contributed by atoms with Crippen molar-refractivity contribution >= 4 is 17.3 Å². The van der Waals surface area contributed by atoms with Crippen molar-refractivity contribution < 1.29 is 14.8 Å². The number of rotatable bonds is 5. The van der Waals surface area contributed by atoms with E-state index in [0.29, 0.717) is 5.69 Å². The number of nitrogens with zero attached hydrogens (tertiary/aromatic N) is 1. The van der Waals surface area contributed by atoms with E-state index < -0.39 is 16.4 Å². The molecular weight excluding hydrogens is 236 g/mol. The maximum atomic E-state index is 10.9. The van der Waals surface area contributed by atoms with Crippen LogP contribution in [0.3, 0.4) is 0 Å². The van der Waals surface area contributed by atoms with Gasteiger partial charge in [0.05, 0.1) is 11.3 Å². The molecule has 0 aliphatic rings. The molecule has 0 unspecified atom stereocenters. The molecule has 0 radical (unpaired) electrons. The maximum Gasteiger partial charge on any atom is 0.305 e. The Kier molecular flexibility index (Phi) is 3.90. The second-order valence-corrected chi connectivity index (χ2v) is 4.86. The summed E-state index contributed by atoms with van der Waals surface area (Å²) in [5, 5.41) is 22.6. The summed E-state index contributed by atoms with van der Waals surface area (Å²) in [6.07, 6.45) is -0.127. The Bertz CT molecular complexity index is 483. The summed E-state index contributed by atoms with van der Waals surface area (Å²) in [7, 11) is 0. The number of carbonyl (C=O) groups is 1. The highest BCUT2D eigenvalue weighted by atomic mass is 16.6. The topological polar surface area (TPSA) is 92.5 Å². The third-order valence-electron chi connectivity index (χ3n) is 2.42. The van der Waals surface area contributed by atoms with Crippen LogP contribution in [0, 0.1) is 17.0 Å². The van der Waals surface area contributed by atoms with Crippen LogP contribution < -0.4 is 5.32 Å². The lowest BCUT2D eigenvalue weighted by atomic mass is 10.00. The molecule has 0 aromatic heterocycles. The van der Waals surface area contributed by atoms with E-state index in [2.05, 4.69) is 5.32 Å². The van der Waals surface area contributed by atoms with Gasteiger partial charge in [0, 0.05) is 11.6 Å². The van der Waals surface area contributed by atoms with Crippen molar-refractivity contribution in [2.75, 3.05) is 5.32 Å². The van der Waals surface area contributed by atoms with E-state index in [1.807, 2.05) is 0 Å². The van der Waals surface area contributed by atoms with Crippen molar-refractivity contribution in [3.8, 4) is 0 Å². The zero-order chi connectivity index (χ0) is 13.9. The number of hydrogen-bond acceptors (Lipinski definition) is 4. The average Bonchev–Trinajstić information content (AvgIpc) is 2.18. The lowest BCUT2D eigenvalue weighted by Crippen LogP contribution is -2.33. The first-order chi connectivity index (χ1) is 8.21. The molecule has 0 heterocycles. The van der Waals surface area contributed by atoms with Gasteiger partial charge in [0.25, 0.3) is 5.69 Å². The fourth-order valence-corrected chi connectivity index (χ4v) is 1.69. The van der Waals surface area contributed by atoms with Crippen LogP contribution in [0.2, 0.25) is 0 Å². The van der Waals surface area contributed by atoms with E-state index in [-0.39, 0.29) is 12.1 Å². The van der Waals surface area contributed by atoms with Gasteiger partial charge in [-0.3, -0.25) is 14.9 Å². The Morgan fingerprint density at radius 3 is 2.61 bits per heavy atom. The van der Waals surface area contributed by atoms with E-state index in [4.69, 9.17) is 5.11 Å². The molecule has 18 heavy (non-hydrogen) atoms. The van der Waals surface area contributed by atoms with Gasteiger partial charge in [-0.2, -0.15) is 0 Å². The summed E-state index contributed by atoms with van der Waals surface area (Å²) in [6, 6.07) is 4.79. The molecule has 0 fully saturated rings. The molecule has 0 atom stereocenters. The fraction of sp³-hybridized carbons (Fsp3) is 0.417. The highest BCUT2D eigenvalue weighted by Gasteiger charge is 2.25. The molecule has 0 spiro atoms. The van der Waals surface area contributed by atoms with Crippen molar-refractivity contribution in [2.24, 2.45) is 0 Å². The van der Waals surface area contributed by atoms with Gasteiger partial charge in [-0.05, 0) is 32.4 Å². The molecule has 1 rings (SSSR count). The van der Waals surface area contributed by atoms with Crippen LogP contribution in [-0.4, -0.2) is 21.5 Å². The van der Waals surface area contributed by atoms with Gasteiger partial charge in [-0.25, -0.2) is 0 Å². The Hall–Kier alpha value is -2.11. The van der Waals surface area contributed by atoms with E-state index in [9.17, 15) is 14.9 Å². The number of carboxylic acids is 1. The minimum Gasteiger partial charge on any atom is -0.481 e. The minimum atomic E-state index is -0.956. The molecule has 0 aliphatic carbocycles. The van der Waals surface area contributed by atoms with Crippen LogP contribution >= 0.6 is 0 Å². The summed E-state index contributed by atoms with van der Waals surface area (Å²) in [6.45, 7) is 5.13. The first kappa shape index (κ1) is 14.0. The first-order valence-corrected chi connectivity index (χ1v) is 5.46. The van der Waals surface area contributed by atoms with Crippen LogP contribution in [0.1, 0.15) is 25.8 Å². The second kappa shape index (κ2) is 5.03. The molecule has 0 bridgehead atoms. The van der Waals surface area contributed by atoms with Crippen molar-refractivity contribution in [1.82, 2.24) is 0 Å². The monoisotopic (exact) mass is 252 g/mol. The Morgan fingerprint density at radius 1 is 1.50 bits per heavy atom. The number of carboxylic acid groups (broad SMARTS) is 1. The number of hydrogen-bond donors (Lipinski definition) is 2. The normalized spacial score (nSPS) is 11.1. The molecular formula is C12H16N2O4. The molecule has 0 saturated carbocycles. The minimum absolute atomic E-state index is 0.0477. The summed E-state index contributed by atoms with van der Waals surface area (Å²) < 4.78 is 0. The van der Waals surface area contributed by atoms with Crippen LogP contribution in [0.5, 0.6) is 0 Å². The van der Waals surface area contributed by atoms with E-state index >= 15 is 0 Å². The van der Waals surface area contributed by atoms with Gasteiger partial charge in [0.15, 0.2) is 0 Å². The smallest absolute Gasteiger partial charge is 0.305 e. The maximum absolute atomic E-state index is 10.9. The largest absolute Gasteiger partial charge is 0.481 e. The lowest BCUT2D eigenvalue weighted by Gasteiger charge is -2.25. The second-order valence-electron chi connectivity index (χ2n) is 4.86. The number of aryl methyl sites for hydroxylation is 1. The molecule has 0 aliphatic heterocycles. The molecule has 98 valence electrons. The predicted molar refractivity (Wildman–Crippen MR) is 67.8 cm³/mol. The fourth-order valence-electron chi connectivity index (χ4n) is 1.69. The van der Waals surface area contributed by atoms with Crippen molar-refractivity contribution in [2.45, 2.75) is 32.7 Å². The van der Waals surface area contributed by atoms with Crippen molar-refractivity contribution in [3.05, 3.63) is 33.9 Å². The Labute approximate surface area is 105 Å². The highest BCUT2D eigenvalue weighted by molar-refractivity contribution is 5.70. The third-order valence-corrected chi connectivity index (χ3v) is 2.42. The number of aliphatic carboxylic acids is 1. The number of anilines is 1. The molecule has 6 nitrogen and oxygen atoms in total. The van der Waals surface area contributed by atoms with Crippen LogP contribution in [0.15, 0.2) is 18.2 Å². The zero-order valence-corrected chi connectivity index (χ0v) is 10.6. The van der Waals surface area contributed by atoms with Gasteiger partial charge in [0.1, 0.15) is 5.69 Å². The Balaban J connectivity index is 3.03. The zero-order valence-electron chi connectivity index (χ0n) is 10.6. The van der Waals surface area contributed by atoms with Crippen LogP contribution in [-0.2, 0) is 4.79 Å². The molecule has 0 saturated heterocycles. The van der Waals surface area contributed by atoms with E-state index in [0.717, 1.165) is 5.56 Å². The molecule has 2 N–H and O–H groups in total. The standard InChI is InChI=1S/C12H16N2O4/c1-8-4-5-9(10(6-8)14(17)18)13-12(2,3)7-11(15)16/h4-6,13H,7H2,1-3H3,(H,15,16). The number of nitrogens with one attached hydrogen (secondary N) is 1. The number of nitro groups is 1. The summed E-state index contributed by atoms with van der Waals surface area (Å²) in [4.78, 5) is 21.2. The molecule has 0 amide bonds. The summed E-state index contributed by atoms with van der Waals surface area (Å²) in [5.74, 6) is -0.956. The highest BCUT2D eigenvalue weighted by Crippen LogP contribution is 2.28. The van der Waals surface area contributed by atoms with Gasteiger partial charge in [-0.1, -0.05) is 6.07 Å². The average molecular weight is 252 g/mol. The van der Waals surface area contributed by atoms with Gasteiger partial charge in [0.2, 0.25) is 0 Å². The van der Waals surface area contributed by atoms with Crippen molar-refractivity contribution in [1.29, 1.82) is 0 Å². The van der Waals surface area contributed by atoms with E-state index in [1.54, 1.807) is 32.9 Å². The molecule has 1 aromatic carbocycles. The number of benzene rings is 1. The Morgan fingerprint density at radius 2 is 2.11 bits per heavy atom. The van der Waals surface area contributed by atoms with Gasteiger partial charge in [-0.15, -0.1) is 0 Å². The van der Waals surface area contributed by atoms with Gasteiger partial charge >= 0.3 is 5.97 Å². The number of nitro benzene ring substituents is 1. The first-order valence-electron chi connectivity index (χ1n) is 5.46. The molecule has 1 aromatic rings. The van der Waals surface area contributed by atoms with E-state index in [1.165, 1.54) is 6.07 Å². The SMILES string of the molecule is Cc1ccc(NC(C)(C)CC(=O)O)c([N+](=O)[O-])c1. The van der Waals surface area contributed by atoms with Crippen LogP contribution in [0.4, 0.5) is 11.4 Å². The lowest BCUT2D eigenvalue weighted by molar-refractivity contribution is -0.384. The van der Waals surface area contributed by atoms with Crippen LogP contribution in [0.25, 0.3) is 0 Å². The quantitative estimate of drug-likeness (QED) is 0.620. The third kappa shape index (κ3) is 3.73.